The minimum atomic E-state index is -0.568. The number of hydrogen-bond donors (Lipinski definition) is 0. The summed E-state index contributed by atoms with van der Waals surface area (Å²) in [5.74, 6) is -0.0534. The van der Waals surface area contributed by atoms with Crippen molar-refractivity contribution in [1.29, 1.82) is 0 Å². The maximum absolute atomic E-state index is 13.9. The van der Waals surface area contributed by atoms with Gasteiger partial charge in [-0.2, -0.15) is 0 Å². The second-order valence-electron chi connectivity index (χ2n) is 6.99. The van der Waals surface area contributed by atoms with E-state index in [4.69, 9.17) is 25.8 Å². The van der Waals surface area contributed by atoms with E-state index in [1.54, 1.807) is 48.5 Å². The molecular weight excluding hydrogens is 513 g/mol. The fraction of sp³-hybridized carbons (Fsp3) is 0.120. The van der Waals surface area contributed by atoms with E-state index in [-0.39, 0.29) is 34.8 Å². The zero-order chi connectivity index (χ0) is 23.4. The minimum Gasteiger partial charge on any atom is -0.490 e. The molecule has 33 heavy (non-hydrogen) atoms. The zero-order valence-electron chi connectivity index (χ0n) is 17.5. The van der Waals surface area contributed by atoms with Gasteiger partial charge in [-0.1, -0.05) is 45.7 Å². The largest absolute Gasteiger partial charge is 0.490 e. The van der Waals surface area contributed by atoms with Gasteiger partial charge in [0.2, 0.25) is 5.90 Å². The van der Waals surface area contributed by atoms with E-state index in [0.717, 1.165) is 4.47 Å². The van der Waals surface area contributed by atoms with E-state index in [1.807, 2.05) is 19.1 Å². The van der Waals surface area contributed by atoms with E-state index >= 15 is 0 Å². The van der Waals surface area contributed by atoms with E-state index in [2.05, 4.69) is 20.9 Å². The molecule has 168 valence electrons. The predicted molar refractivity (Wildman–Crippen MR) is 128 cm³/mol. The molecule has 0 spiro atoms. The van der Waals surface area contributed by atoms with Gasteiger partial charge in [-0.15, -0.1) is 0 Å². The summed E-state index contributed by atoms with van der Waals surface area (Å²) < 4.78 is 31.6. The van der Waals surface area contributed by atoms with E-state index in [9.17, 15) is 9.18 Å². The summed E-state index contributed by atoms with van der Waals surface area (Å²) in [5, 5.41) is 0.257. The van der Waals surface area contributed by atoms with Crippen molar-refractivity contribution in [3.8, 4) is 11.5 Å². The Balaban J connectivity index is 1.61. The van der Waals surface area contributed by atoms with Crippen LogP contribution in [0.5, 0.6) is 11.5 Å². The van der Waals surface area contributed by atoms with Crippen molar-refractivity contribution in [2.24, 2.45) is 4.99 Å². The molecule has 0 fully saturated rings. The van der Waals surface area contributed by atoms with Crippen molar-refractivity contribution in [3.05, 3.63) is 98.4 Å². The molecular formula is C25H18BrClFNO4. The van der Waals surface area contributed by atoms with Crippen molar-refractivity contribution in [2.45, 2.75) is 13.5 Å². The molecule has 1 aliphatic heterocycles. The van der Waals surface area contributed by atoms with Crippen LogP contribution in [0.2, 0.25) is 5.02 Å². The highest BCUT2D eigenvalue weighted by molar-refractivity contribution is 9.10. The lowest BCUT2D eigenvalue weighted by Gasteiger charge is -2.15. The van der Waals surface area contributed by atoms with Gasteiger partial charge in [0.05, 0.1) is 11.6 Å². The number of aliphatic imine (C=N–C) groups is 1. The lowest BCUT2D eigenvalue weighted by Crippen LogP contribution is -2.05. The minimum absolute atomic E-state index is 0.0138. The third kappa shape index (κ3) is 5.43. The molecule has 0 bridgehead atoms. The Morgan fingerprint density at radius 1 is 1.12 bits per heavy atom. The molecule has 3 aromatic carbocycles. The first-order valence-electron chi connectivity index (χ1n) is 10.1. The van der Waals surface area contributed by atoms with Gasteiger partial charge in [0, 0.05) is 15.6 Å². The number of benzene rings is 3. The lowest BCUT2D eigenvalue weighted by molar-refractivity contribution is -0.129. The van der Waals surface area contributed by atoms with Crippen LogP contribution in [0, 0.1) is 5.82 Å². The van der Waals surface area contributed by atoms with Gasteiger partial charge in [-0.05, 0) is 61.0 Å². The summed E-state index contributed by atoms with van der Waals surface area (Å²) in [5.41, 5.74) is 1.78. The Bertz CT molecular complexity index is 1260. The monoisotopic (exact) mass is 529 g/mol. The molecule has 8 heteroatoms. The third-order valence-electron chi connectivity index (χ3n) is 4.68. The first-order valence-corrected chi connectivity index (χ1v) is 11.2. The summed E-state index contributed by atoms with van der Waals surface area (Å²) >= 11 is 9.82. The van der Waals surface area contributed by atoms with Crippen molar-refractivity contribution >= 4 is 45.5 Å². The number of ether oxygens (including phenoxy) is 3. The molecule has 0 radical (unpaired) electrons. The van der Waals surface area contributed by atoms with Gasteiger partial charge < -0.3 is 14.2 Å². The maximum atomic E-state index is 13.9. The SMILES string of the molecule is CCOc1cc(/C=C2\N=C(c3ccc(Br)cc3)OC2=O)cc(Cl)c1OCc1ccccc1F. The van der Waals surface area contributed by atoms with Gasteiger partial charge in [0.1, 0.15) is 12.4 Å². The van der Waals surface area contributed by atoms with Gasteiger partial charge in [-0.3, -0.25) is 0 Å². The Morgan fingerprint density at radius 3 is 2.61 bits per heavy atom. The summed E-state index contributed by atoms with van der Waals surface area (Å²) in [7, 11) is 0. The van der Waals surface area contributed by atoms with Gasteiger partial charge in [0.15, 0.2) is 17.2 Å². The molecule has 0 unspecified atom stereocenters. The van der Waals surface area contributed by atoms with Gasteiger partial charge in [0.25, 0.3) is 0 Å². The predicted octanol–water partition coefficient (Wildman–Crippen LogP) is 6.56. The van der Waals surface area contributed by atoms with E-state index < -0.39 is 5.97 Å². The van der Waals surface area contributed by atoms with Crippen molar-refractivity contribution < 1.29 is 23.4 Å². The zero-order valence-corrected chi connectivity index (χ0v) is 19.8. The number of carbonyl (C=O) groups is 1. The Morgan fingerprint density at radius 2 is 1.88 bits per heavy atom. The molecule has 0 amide bonds. The van der Waals surface area contributed by atoms with Crippen LogP contribution in [0.1, 0.15) is 23.6 Å². The molecule has 0 saturated heterocycles. The topological polar surface area (TPSA) is 57.1 Å². The smallest absolute Gasteiger partial charge is 0.363 e. The highest BCUT2D eigenvalue weighted by Crippen LogP contribution is 2.38. The summed E-state index contributed by atoms with van der Waals surface area (Å²) in [6.45, 7) is 2.17. The quantitative estimate of drug-likeness (QED) is 0.256. The Labute approximate surface area is 203 Å². The normalized spacial score (nSPS) is 14.2. The van der Waals surface area contributed by atoms with Crippen LogP contribution in [0.4, 0.5) is 4.39 Å². The van der Waals surface area contributed by atoms with Gasteiger partial charge >= 0.3 is 5.97 Å². The van der Waals surface area contributed by atoms with Crippen LogP contribution >= 0.6 is 27.5 Å². The average molecular weight is 531 g/mol. The van der Waals surface area contributed by atoms with Crippen LogP contribution in [0.25, 0.3) is 6.08 Å². The Hall–Kier alpha value is -3.16. The van der Waals surface area contributed by atoms with Crippen molar-refractivity contribution in [1.82, 2.24) is 0 Å². The van der Waals surface area contributed by atoms with Gasteiger partial charge in [-0.25, -0.2) is 14.2 Å². The molecule has 0 atom stereocenters. The molecule has 3 aromatic rings. The molecule has 4 rings (SSSR count). The fourth-order valence-electron chi connectivity index (χ4n) is 3.12. The van der Waals surface area contributed by atoms with Crippen molar-refractivity contribution in [2.75, 3.05) is 6.61 Å². The standard InChI is InChI=1S/C25H18BrClFNO4/c1-2-31-22-13-15(11-19(27)23(22)32-14-17-5-3-4-6-20(17)28)12-21-25(30)33-24(29-21)16-7-9-18(26)10-8-16/h3-13H,2,14H2,1H3/b21-12-. The summed E-state index contributed by atoms with van der Waals surface area (Å²) in [6.07, 6.45) is 1.56. The van der Waals surface area contributed by atoms with Crippen LogP contribution in [-0.2, 0) is 16.1 Å². The molecule has 5 nitrogen and oxygen atoms in total. The van der Waals surface area contributed by atoms with Crippen LogP contribution in [0.15, 0.2) is 75.8 Å². The van der Waals surface area contributed by atoms with Crippen LogP contribution in [-0.4, -0.2) is 18.5 Å². The first-order chi connectivity index (χ1) is 15.9. The highest BCUT2D eigenvalue weighted by atomic mass is 79.9. The molecule has 0 N–H and O–H groups in total. The second-order valence-corrected chi connectivity index (χ2v) is 8.31. The van der Waals surface area contributed by atoms with E-state index in [0.29, 0.717) is 29.0 Å². The molecule has 0 aliphatic carbocycles. The van der Waals surface area contributed by atoms with Crippen molar-refractivity contribution in [3.63, 3.8) is 0 Å². The molecule has 1 heterocycles. The second kappa shape index (κ2) is 10.2. The summed E-state index contributed by atoms with van der Waals surface area (Å²) in [4.78, 5) is 16.7. The number of esters is 1. The lowest BCUT2D eigenvalue weighted by atomic mass is 10.1. The number of carbonyl (C=O) groups excluding carboxylic acids is 1. The highest BCUT2D eigenvalue weighted by Gasteiger charge is 2.24. The van der Waals surface area contributed by atoms with Crippen LogP contribution in [0.3, 0.4) is 0 Å². The third-order valence-corrected chi connectivity index (χ3v) is 5.49. The van der Waals surface area contributed by atoms with E-state index in [1.165, 1.54) is 6.07 Å². The number of rotatable bonds is 7. The average Bonchev–Trinajstić information content (AvgIpc) is 3.15. The van der Waals surface area contributed by atoms with Crippen LogP contribution < -0.4 is 9.47 Å². The first kappa shape index (κ1) is 23.0. The number of hydrogen-bond acceptors (Lipinski definition) is 5. The number of nitrogens with zero attached hydrogens (tertiary/aromatic N) is 1. The maximum Gasteiger partial charge on any atom is 0.363 e. The number of halogens is 3. The summed E-state index contributed by atoms with van der Waals surface area (Å²) in [6, 6.07) is 16.9. The number of cyclic esters (lactones) is 1. The molecule has 1 aliphatic rings. The fourth-order valence-corrected chi connectivity index (χ4v) is 3.66. The molecule has 0 saturated carbocycles. The molecule has 0 aromatic heterocycles. The Kier molecular flexibility index (Phi) is 7.11.